The van der Waals surface area contributed by atoms with Gasteiger partial charge in [-0.25, -0.2) is 9.38 Å². The Morgan fingerprint density at radius 3 is 2.85 bits per heavy atom. The van der Waals surface area contributed by atoms with E-state index < -0.39 is 37.4 Å². The normalized spacial score (nSPS) is 37.4. The smallest absolute Gasteiger partial charge is 0.174 e. The fraction of sp³-hybridized carbons (Fsp3) is 0.583. The fourth-order valence-electron chi connectivity index (χ4n) is 2.33. The van der Waals surface area contributed by atoms with Crippen molar-refractivity contribution in [1.82, 2.24) is 4.90 Å². The lowest BCUT2D eigenvalue weighted by molar-refractivity contribution is -0.139. The predicted molar refractivity (Wildman–Crippen MR) is 67.9 cm³/mol. The molecule has 2 heterocycles. The van der Waals surface area contributed by atoms with Gasteiger partial charge in [-0.1, -0.05) is 6.58 Å². The van der Waals surface area contributed by atoms with Crippen LogP contribution in [0, 0.1) is 0 Å². The van der Waals surface area contributed by atoms with Crippen LogP contribution < -0.4 is 5.73 Å². The highest BCUT2D eigenvalue weighted by molar-refractivity contribution is 5.92. The van der Waals surface area contributed by atoms with Crippen LogP contribution in [-0.2, 0) is 4.74 Å². The first kappa shape index (κ1) is 14.9. The van der Waals surface area contributed by atoms with E-state index in [-0.39, 0.29) is 18.1 Å². The number of amidine groups is 1. The summed E-state index contributed by atoms with van der Waals surface area (Å²) >= 11 is 0. The Bertz CT molecular complexity index is 457. The van der Waals surface area contributed by atoms with Crippen molar-refractivity contribution in [1.29, 1.82) is 0 Å². The van der Waals surface area contributed by atoms with E-state index in [1.807, 2.05) is 0 Å². The summed E-state index contributed by atoms with van der Waals surface area (Å²) < 4.78 is 32.2. The quantitative estimate of drug-likeness (QED) is 0.666. The highest BCUT2D eigenvalue weighted by Crippen LogP contribution is 2.38. The summed E-state index contributed by atoms with van der Waals surface area (Å²) in [5, 5.41) is 19.2. The number of nitrogens with zero attached hydrogens (tertiary/aromatic N) is 2. The summed E-state index contributed by atoms with van der Waals surface area (Å²) in [5.74, 6) is 0.344. The van der Waals surface area contributed by atoms with Crippen molar-refractivity contribution in [2.45, 2.75) is 30.5 Å². The lowest BCUT2D eigenvalue weighted by Gasteiger charge is -2.32. The van der Waals surface area contributed by atoms with E-state index in [4.69, 9.17) is 10.5 Å². The minimum atomic E-state index is -1.84. The largest absolute Gasteiger partial charge is 0.393 e. The average molecular weight is 289 g/mol. The zero-order chi connectivity index (χ0) is 14.9. The number of hydrogen-bond donors (Lipinski definition) is 3. The molecule has 112 valence electrons. The molecule has 2 aliphatic rings. The third-order valence-electron chi connectivity index (χ3n) is 3.49. The number of alkyl halides is 2. The Morgan fingerprint density at radius 1 is 1.60 bits per heavy atom. The summed E-state index contributed by atoms with van der Waals surface area (Å²) in [6.45, 7) is 2.07. The minimum absolute atomic E-state index is 0.138. The summed E-state index contributed by atoms with van der Waals surface area (Å²) in [4.78, 5) is 5.11. The monoisotopic (exact) mass is 289 g/mol. The molecule has 0 aromatic heterocycles. The van der Waals surface area contributed by atoms with E-state index >= 15 is 0 Å². The van der Waals surface area contributed by atoms with Gasteiger partial charge in [-0.15, -0.1) is 0 Å². The van der Waals surface area contributed by atoms with Gasteiger partial charge in [0.2, 0.25) is 0 Å². The van der Waals surface area contributed by atoms with Gasteiger partial charge < -0.3 is 25.6 Å². The first-order chi connectivity index (χ1) is 9.45. The molecule has 0 unspecified atom stereocenters. The topological polar surface area (TPSA) is 91.3 Å². The Labute approximate surface area is 114 Å². The van der Waals surface area contributed by atoms with Gasteiger partial charge >= 0.3 is 0 Å². The number of aliphatic hydroxyl groups excluding tert-OH is 2. The molecule has 4 N–H and O–H groups in total. The number of rotatable bonds is 4. The Balaban J connectivity index is 2.23. The second kappa shape index (κ2) is 5.47. The third-order valence-corrected chi connectivity index (χ3v) is 3.49. The third kappa shape index (κ3) is 2.30. The van der Waals surface area contributed by atoms with Crippen LogP contribution in [0.5, 0.6) is 0 Å². The van der Waals surface area contributed by atoms with Crippen LogP contribution in [0.4, 0.5) is 8.78 Å². The van der Waals surface area contributed by atoms with Crippen molar-refractivity contribution >= 4 is 5.84 Å². The maximum Gasteiger partial charge on any atom is 0.174 e. The van der Waals surface area contributed by atoms with Crippen LogP contribution in [0.1, 0.15) is 6.42 Å². The van der Waals surface area contributed by atoms with E-state index in [0.29, 0.717) is 0 Å². The number of halogens is 2. The molecule has 0 amide bonds. The lowest BCUT2D eigenvalue weighted by atomic mass is 9.93. The van der Waals surface area contributed by atoms with Crippen molar-refractivity contribution in [3.8, 4) is 0 Å². The van der Waals surface area contributed by atoms with Gasteiger partial charge in [0, 0.05) is 12.6 Å². The summed E-state index contributed by atoms with van der Waals surface area (Å²) in [5.41, 5.74) is 3.81. The Hall–Kier alpha value is -1.51. The standard InChI is InChI=1S/C12H17F2N3O3/c1-7-16-8(15)2-5-17(7)11-9(14)10(19)12(6-18,20-11)3-4-13/h2,5,9-11,18-19H,1,3-4,6H2,(H2,15,16)/t9-,10+,11-,12-/m1/s1. The van der Waals surface area contributed by atoms with Crippen LogP contribution in [-0.4, -0.2) is 58.3 Å². The molecule has 6 nitrogen and oxygen atoms in total. The molecule has 0 aliphatic carbocycles. The number of hydrogen-bond acceptors (Lipinski definition) is 6. The maximum atomic E-state index is 14.2. The molecular formula is C12H17F2N3O3. The highest BCUT2D eigenvalue weighted by Gasteiger charge is 2.56. The zero-order valence-corrected chi connectivity index (χ0v) is 10.7. The average Bonchev–Trinajstić information content (AvgIpc) is 2.65. The second-order valence-electron chi connectivity index (χ2n) is 4.74. The highest BCUT2D eigenvalue weighted by atomic mass is 19.1. The summed E-state index contributed by atoms with van der Waals surface area (Å²) in [6, 6.07) is 0. The van der Waals surface area contributed by atoms with Gasteiger partial charge in [-0.2, -0.15) is 0 Å². The number of nitrogens with two attached hydrogens (primary N) is 1. The molecule has 0 bridgehead atoms. The number of aliphatic imine (C=N–C) groups is 1. The molecule has 1 saturated heterocycles. The summed E-state index contributed by atoms with van der Waals surface area (Å²) in [6.07, 6.45) is -2.20. The molecule has 8 heteroatoms. The van der Waals surface area contributed by atoms with Crippen LogP contribution in [0.3, 0.4) is 0 Å². The predicted octanol–water partition coefficient (Wildman–Crippen LogP) is -0.210. The van der Waals surface area contributed by atoms with E-state index in [1.54, 1.807) is 0 Å². The zero-order valence-electron chi connectivity index (χ0n) is 10.7. The van der Waals surface area contributed by atoms with E-state index in [0.717, 1.165) is 0 Å². The van der Waals surface area contributed by atoms with E-state index in [9.17, 15) is 19.0 Å². The van der Waals surface area contributed by atoms with Gasteiger partial charge in [0.05, 0.1) is 13.3 Å². The van der Waals surface area contributed by atoms with E-state index in [1.165, 1.54) is 17.2 Å². The molecule has 0 radical (unpaired) electrons. The molecule has 0 aromatic rings. The number of ether oxygens (including phenoxy) is 1. The van der Waals surface area contributed by atoms with Gasteiger partial charge in [-0.3, -0.25) is 4.39 Å². The van der Waals surface area contributed by atoms with Crippen LogP contribution in [0.15, 0.2) is 29.7 Å². The SMILES string of the molecule is C=C1N=C(N)C=CN1[C@@H]1O[C@@](CO)(CCF)[C@@H](O)[C@H]1F. The second-order valence-corrected chi connectivity index (χ2v) is 4.74. The molecule has 0 spiro atoms. The molecule has 0 saturated carbocycles. The molecule has 0 aromatic carbocycles. The molecule has 1 fully saturated rings. The number of aliphatic hydroxyl groups is 2. The van der Waals surface area contributed by atoms with Crippen LogP contribution in [0.2, 0.25) is 0 Å². The molecule has 20 heavy (non-hydrogen) atoms. The van der Waals surface area contributed by atoms with Crippen LogP contribution >= 0.6 is 0 Å². The maximum absolute atomic E-state index is 14.2. The van der Waals surface area contributed by atoms with Gasteiger partial charge in [-0.05, 0) is 6.08 Å². The van der Waals surface area contributed by atoms with Gasteiger partial charge in [0.15, 0.2) is 12.4 Å². The first-order valence-corrected chi connectivity index (χ1v) is 6.11. The molecular weight excluding hydrogens is 272 g/mol. The van der Waals surface area contributed by atoms with Crippen molar-refractivity contribution in [2.75, 3.05) is 13.3 Å². The lowest BCUT2D eigenvalue weighted by Crippen LogP contribution is -2.45. The molecule has 2 rings (SSSR count). The minimum Gasteiger partial charge on any atom is -0.393 e. The Morgan fingerprint density at radius 2 is 2.30 bits per heavy atom. The van der Waals surface area contributed by atoms with Gasteiger partial charge in [0.25, 0.3) is 0 Å². The molecule has 2 aliphatic heterocycles. The first-order valence-electron chi connectivity index (χ1n) is 6.11. The van der Waals surface area contributed by atoms with Crippen molar-refractivity contribution < 1.29 is 23.7 Å². The Kier molecular flexibility index (Phi) is 4.07. The fourth-order valence-corrected chi connectivity index (χ4v) is 2.33. The van der Waals surface area contributed by atoms with Gasteiger partial charge in [0.1, 0.15) is 23.4 Å². The van der Waals surface area contributed by atoms with E-state index in [2.05, 4.69) is 11.6 Å². The summed E-state index contributed by atoms with van der Waals surface area (Å²) in [7, 11) is 0. The van der Waals surface area contributed by atoms with Crippen molar-refractivity contribution in [2.24, 2.45) is 10.7 Å². The van der Waals surface area contributed by atoms with Crippen molar-refractivity contribution in [3.63, 3.8) is 0 Å². The molecule has 4 atom stereocenters. The van der Waals surface area contributed by atoms with Crippen molar-refractivity contribution in [3.05, 3.63) is 24.7 Å². The van der Waals surface area contributed by atoms with Crippen LogP contribution in [0.25, 0.3) is 0 Å².